The Morgan fingerprint density at radius 3 is 2.62 bits per heavy atom. The van der Waals surface area contributed by atoms with Gasteiger partial charge in [-0.05, 0) is 31.0 Å². The van der Waals surface area contributed by atoms with Gasteiger partial charge in [0.2, 0.25) is 0 Å². The zero-order valence-corrected chi connectivity index (χ0v) is 9.43. The summed E-state index contributed by atoms with van der Waals surface area (Å²) >= 11 is 0. The Labute approximate surface area is 96.4 Å². The summed E-state index contributed by atoms with van der Waals surface area (Å²) in [6.45, 7) is 2.18. The average Bonchev–Trinajstić information content (AvgIpc) is 2.31. The van der Waals surface area contributed by atoms with Crippen LogP contribution in [-0.4, -0.2) is 11.0 Å². The number of nitrogens with one attached hydrogen (secondary N) is 1. The van der Waals surface area contributed by atoms with E-state index >= 15 is 0 Å². The van der Waals surface area contributed by atoms with Crippen LogP contribution in [-0.2, 0) is 6.42 Å². The van der Waals surface area contributed by atoms with Crippen LogP contribution in [0.3, 0.4) is 0 Å². The summed E-state index contributed by atoms with van der Waals surface area (Å²) in [7, 11) is 0. The predicted octanol–water partition coefficient (Wildman–Crippen LogP) is 3.12. The molecule has 16 heavy (non-hydrogen) atoms. The van der Waals surface area contributed by atoms with Crippen molar-refractivity contribution in [2.75, 3.05) is 5.32 Å². The van der Waals surface area contributed by atoms with Crippen LogP contribution in [0.25, 0.3) is 0 Å². The van der Waals surface area contributed by atoms with E-state index in [1.165, 1.54) is 5.56 Å². The number of nitrogens with zero attached hydrogens (tertiary/aromatic N) is 1. The fourth-order valence-electron chi connectivity index (χ4n) is 1.75. The minimum absolute atomic E-state index is 0.409. The fraction of sp³-hybridized carbons (Fsp3) is 0.214. The van der Waals surface area contributed by atoms with Gasteiger partial charge in [-0.1, -0.05) is 30.3 Å². The number of rotatable bonds is 4. The quantitative estimate of drug-likeness (QED) is 0.842. The molecule has 0 saturated heterocycles. The Balaban J connectivity index is 1.92. The third-order valence-electron chi connectivity index (χ3n) is 2.46. The van der Waals surface area contributed by atoms with Gasteiger partial charge in [0.1, 0.15) is 0 Å². The van der Waals surface area contributed by atoms with Crippen molar-refractivity contribution in [2.45, 2.75) is 19.4 Å². The van der Waals surface area contributed by atoms with Crippen LogP contribution in [0.2, 0.25) is 0 Å². The van der Waals surface area contributed by atoms with Crippen molar-refractivity contribution in [3.8, 4) is 0 Å². The lowest BCUT2D eigenvalue weighted by atomic mass is 10.1. The number of anilines is 1. The maximum atomic E-state index is 4.08. The fourth-order valence-corrected chi connectivity index (χ4v) is 1.75. The third kappa shape index (κ3) is 3.09. The largest absolute Gasteiger partial charge is 0.381 e. The topological polar surface area (TPSA) is 24.9 Å². The van der Waals surface area contributed by atoms with Gasteiger partial charge in [-0.25, -0.2) is 0 Å². The predicted molar refractivity (Wildman–Crippen MR) is 67.5 cm³/mol. The molecule has 2 aromatic rings. The standard InChI is InChI=1S/C14H16N2/c1-12(10-13-6-3-2-4-7-13)16-14-8-5-9-15-11-14/h2-9,11-12,16H,10H2,1H3. The minimum atomic E-state index is 0.409. The Kier molecular flexibility index (Phi) is 3.54. The van der Waals surface area contributed by atoms with E-state index in [1.54, 1.807) is 6.20 Å². The Morgan fingerprint density at radius 2 is 1.94 bits per heavy atom. The van der Waals surface area contributed by atoms with Crippen molar-refractivity contribution in [1.82, 2.24) is 4.98 Å². The lowest BCUT2D eigenvalue weighted by Crippen LogP contribution is -2.17. The molecule has 1 N–H and O–H groups in total. The summed E-state index contributed by atoms with van der Waals surface area (Å²) in [5, 5.41) is 3.43. The molecule has 82 valence electrons. The van der Waals surface area contributed by atoms with Gasteiger partial charge >= 0.3 is 0 Å². The van der Waals surface area contributed by atoms with Crippen LogP contribution in [0.4, 0.5) is 5.69 Å². The minimum Gasteiger partial charge on any atom is -0.381 e. The van der Waals surface area contributed by atoms with Gasteiger partial charge in [0.15, 0.2) is 0 Å². The van der Waals surface area contributed by atoms with Crippen molar-refractivity contribution >= 4 is 5.69 Å². The molecule has 0 amide bonds. The third-order valence-corrected chi connectivity index (χ3v) is 2.46. The normalized spacial score (nSPS) is 12.1. The molecule has 0 fully saturated rings. The first-order chi connectivity index (χ1) is 7.84. The van der Waals surface area contributed by atoms with Crippen molar-refractivity contribution in [3.05, 3.63) is 60.4 Å². The van der Waals surface area contributed by atoms with Crippen LogP contribution < -0.4 is 5.32 Å². The number of pyridine rings is 1. The molecule has 2 heteroatoms. The Morgan fingerprint density at radius 1 is 1.12 bits per heavy atom. The molecule has 0 saturated carbocycles. The van der Waals surface area contributed by atoms with Crippen molar-refractivity contribution < 1.29 is 0 Å². The Bertz CT molecular complexity index is 370. The lowest BCUT2D eigenvalue weighted by molar-refractivity contribution is 0.789. The van der Waals surface area contributed by atoms with E-state index in [2.05, 4.69) is 41.5 Å². The van der Waals surface area contributed by atoms with Crippen LogP contribution in [0, 0.1) is 0 Å². The van der Waals surface area contributed by atoms with Crippen LogP contribution >= 0.6 is 0 Å². The molecule has 0 bridgehead atoms. The maximum absolute atomic E-state index is 4.08. The molecular formula is C14H16N2. The van der Waals surface area contributed by atoms with Crippen LogP contribution in [0.5, 0.6) is 0 Å². The second kappa shape index (κ2) is 5.31. The van der Waals surface area contributed by atoms with Gasteiger partial charge in [0.25, 0.3) is 0 Å². The summed E-state index contributed by atoms with van der Waals surface area (Å²) in [5.41, 5.74) is 2.43. The van der Waals surface area contributed by atoms with E-state index in [0.29, 0.717) is 6.04 Å². The van der Waals surface area contributed by atoms with Crippen molar-refractivity contribution in [3.63, 3.8) is 0 Å². The van der Waals surface area contributed by atoms with Gasteiger partial charge in [0.05, 0.1) is 5.69 Å². The molecule has 1 atom stereocenters. The van der Waals surface area contributed by atoms with E-state index in [1.807, 2.05) is 24.4 Å². The molecule has 0 aliphatic rings. The average molecular weight is 212 g/mol. The van der Waals surface area contributed by atoms with Crippen molar-refractivity contribution in [1.29, 1.82) is 0 Å². The molecule has 0 spiro atoms. The van der Waals surface area contributed by atoms with E-state index in [4.69, 9.17) is 0 Å². The van der Waals surface area contributed by atoms with Gasteiger partial charge < -0.3 is 5.32 Å². The van der Waals surface area contributed by atoms with Gasteiger partial charge in [-0.15, -0.1) is 0 Å². The van der Waals surface area contributed by atoms with Gasteiger partial charge in [0, 0.05) is 18.4 Å². The molecule has 1 heterocycles. The summed E-state index contributed by atoms with van der Waals surface area (Å²) in [5.74, 6) is 0. The summed E-state index contributed by atoms with van der Waals surface area (Å²) < 4.78 is 0. The van der Waals surface area contributed by atoms with Crippen molar-refractivity contribution in [2.24, 2.45) is 0 Å². The SMILES string of the molecule is CC(Cc1ccccc1)Nc1cccnc1. The summed E-state index contributed by atoms with van der Waals surface area (Å²) in [4.78, 5) is 4.08. The first-order valence-electron chi connectivity index (χ1n) is 5.55. The second-order valence-corrected chi connectivity index (χ2v) is 3.98. The van der Waals surface area contributed by atoms with E-state index in [-0.39, 0.29) is 0 Å². The molecule has 1 unspecified atom stereocenters. The smallest absolute Gasteiger partial charge is 0.0528 e. The zero-order valence-electron chi connectivity index (χ0n) is 9.43. The summed E-state index contributed by atoms with van der Waals surface area (Å²) in [6.07, 6.45) is 4.66. The molecule has 0 aliphatic carbocycles. The molecule has 2 rings (SSSR count). The number of hydrogen-bond acceptors (Lipinski definition) is 2. The highest BCUT2D eigenvalue weighted by molar-refractivity contribution is 5.40. The number of aromatic nitrogens is 1. The monoisotopic (exact) mass is 212 g/mol. The first kappa shape index (κ1) is 10.7. The molecule has 1 aromatic heterocycles. The van der Waals surface area contributed by atoms with E-state index < -0.39 is 0 Å². The van der Waals surface area contributed by atoms with Gasteiger partial charge in [-0.3, -0.25) is 4.98 Å². The highest BCUT2D eigenvalue weighted by Crippen LogP contribution is 2.09. The second-order valence-electron chi connectivity index (χ2n) is 3.98. The van der Waals surface area contributed by atoms with E-state index in [9.17, 15) is 0 Å². The molecule has 0 aliphatic heterocycles. The summed E-state index contributed by atoms with van der Waals surface area (Å²) in [6, 6.07) is 14.9. The van der Waals surface area contributed by atoms with E-state index in [0.717, 1.165) is 12.1 Å². The molecule has 1 aromatic carbocycles. The maximum Gasteiger partial charge on any atom is 0.0528 e. The zero-order chi connectivity index (χ0) is 11.2. The van der Waals surface area contributed by atoms with Crippen LogP contribution in [0.1, 0.15) is 12.5 Å². The molecular weight excluding hydrogens is 196 g/mol. The first-order valence-corrected chi connectivity index (χ1v) is 5.55. The highest BCUT2D eigenvalue weighted by atomic mass is 14.9. The number of benzene rings is 1. The van der Waals surface area contributed by atoms with Gasteiger partial charge in [-0.2, -0.15) is 0 Å². The highest BCUT2D eigenvalue weighted by Gasteiger charge is 2.02. The lowest BCUT2D eigenvalue weighted by Gasteiger charge is -2.14. The molecule has 0 radical (unpaired) electrons. The number of hydrogen-bond donors (Lipinski definition) is 1. The van der Waals surface area contributed by atoms with Crippen LogP contribution in [0.15, 0.2) is 54.9 Å². The Hall–Kier alpha value is -1.83. The molecule has 2 nitrogen and oxygen atoms in total.